The number of carboxylic acid groups (broad SMARTS) is 2. The van der Waals surface area contributed by atoms with Gasteiger partial charge < -0.3 is 20.4 Å². The Morgan fingerprint density at radius 3 is 1.17 bits per heavy atom. The monoisotopic (exact) mass is 362 g/mol. The van der Waals surface area contributed by atoms with Crippen LogP contribution in [-0.2, 0) is 20.2 Å². The first-order valence-corrected chi connectivity index (χ1v) is 7.02. The van der Waals surface area contributed by atoms with Crippen molar-refractivity contribution >= 4 is 11.9 Å². The van der Waals surface area contributed by atoms with Crippen LogP contribution in [0.1, 0.15) is 20.7 Å². The quantitative estimate of drug-likeness (QED) is 0.611. The van der Waals surface area contributed by atoms with Gasteiger partial charge in [-0.05, 0) is 24.3 Å². The second-order valence-corrected chi connectivity index (χ2v) is 3.94. The van der Waals surface area contributed by atoms with E-state index in [0.29, 0.717) is 0 Å². The van der Waals surface area contributed by atoms with E-state index in [1.54, 1.807) is 24.3 Å². The van der Waals surface area contributed by atoms with Crippen molar-refractivity contribution in [2.45, 2.75) is 0 Å². The first-order valence-electron chi connectivity index (χ1n) is 5.84. The van der Waals surface area contributed by atoms with Gasteiger partial charge in [-0.25, -0.2) is 9.59 Å². The Morgan fingerprint density at radius 1 is 0.739 bits per heavy atom. The van der Waals surface area contributed by atoms with Gasteiger partial charge in [-0.2, -0.15) is 0 Å². The van der Waals surface area contributed by atoms with Gasteiger partial charge in [-0.15, -0.1) is 0 Å². The third-order valence-electron chi connectivity index (χ3n) is 2.27. The molecule has 0 aromatic heterocycles. The Balaban J connectivity index is 0.000000360. The number of para-hydroxylation sites is 2. The number of aromatic carboxylic acids is 2. The molecule has 0 aliphatic heterocycles. The Bertz CT molecular complexity index is 595. The number of rotatable bonds is 2. The average Bonchev–Trinajstić information content (AvgIpc) is 2.49. The molecule has 0 fully saturated rings. The van der Waals surface area contributed by atoms with E-state index in [1.165, 1.54) is 24.3 Å². The van der Waals surface area contributed by atoms with E-state index in [9.17, 15) is 15.8 Å². The molecule has 0 spiro atoms. The van der Waals surface area contributed by atoms with Gasteiger partial charge >= 0.3 is 38.3 Å². The van der Waals surface area contributed by atoms with Gasteiger partial charge in [-0.1, -0.05) is 24.3 Å². The molecule has 0 atom stereocenters. The molecule has 0 bridgehead atoms. The van der Waals surface area contributed by atoms with Crippen LogP contribution in [0.5, 0.6) is 11.5 Å². The fourth-order valence-corrected chi connectivity index (χ4v) is 1.31. The van der Waals surface area contributed by atoms with Crippen molar-refractivity contribution in [3.05, 3.63) is 59.7 Å². The van der Waals surface area contributed by atoms with Gasteiger partial charge in [0, 0.05) is 0 Å². The summed E-state index contributed by atoms with van der Waals surface area (Å²) in [5.41, 5.74) is -0.134. The molecule has 0 aliphatic rings. The average molecular weight is 362 g/mol. The first kappa shape index (κ1) is 20.6. The molecule has 0 radical (unpaired) electrons. The van der Waals surface area contributed by atoms with Crippen LogP contribution in [0.15, 0.2) is 48.5 Å². The van der Waals surface area contributed by atoms with Gasteiger partial charge in [0.2, 0.25) is 0 Å². The van der Waals surface area contributed by atoms with Crippen LogP contribution < -0.4 is 0 Å². The minimum atomic E-state index is -2.50. The molecule has 2 rings (SSSR count). The molecule has 0 saturated carbocycles. The summed E-state index contributed by atoms with van der Waals surface area (Å²) in [7, 11) is 0. The van der Waals surface area contributed by atoms with E-state index in [2.05, 4.69) is 0 Å². The molecule has 23 heavy (non-hydrogen) atoms. The van der Waals surface area contributed by atoms with Crippen LogP contribution in [0.25, 0.3) is 0 Å². The third kappa shape index (κ3) is 7.94. The number of halogens is 2. The van der Waals surface area contributed by atoms with Crippen molar-refractivity contribution in [1.29, 1.82) is 0 Å². The van der Waals surface area contributed by atoms with Crippen molar-refractivity contribution in [2.24, 2.45) is 0 Å². The van der Waals surface area contributed by atoms with E-state index in [1.807, 2.05) is 0 Å². The van der Waals surface area contributed by atoms with Gasteiger partial charge in [0.05, 0.1) is 0 Å². The molecule has 0 amide bonds. The Morgan fingerprint density at radius 2 is 1.00 bits per heavy atom. The summed E-state index contributed by atoms with van der Waals surface area (Å²) < 4.78 is 19.5. The van der Waals surface area contributed by atoms with Gasteiger partial charge in [0.25, 0.3) is 0 Å². The van der Waals surface area contributed by atoms with Crippen molar-refractivity contribution < 1.29 is 56.4 Å². The molecule has 9 heteroatoms. The minimum absolute atomic E-state index is 0.0671. The van der Waals surface area contributed by atoms with Crippen molar-refractivity contribution in [2.75, 3.05) is 0 Å². The summed E-state index contributed by atoms with van der Waals surface area (Å²) in [4.78, 5) is 20.5. The summed E-state index contributed by atoms with van der Waals surface area (Å²) in [6, 6.07) is 11.6. The van der Waals surface area contributed by atoms with Gasteiger partial charge in [0.1, 0.15) is 22.6 Å². The topological polar surface area (TPSA) is 115 Å². The summed E-state index contributed by atoms with van der Waals surface area (Å²) in [5, 5.41) is 34.6. The fraction of sp³-hybridized carbons (Fsp3) is 0. The SMILES string of the molecule is O=C(O)c1ccccc1O.O=C(O)c1ccccc1O.[F][Ti][F]. The second kappa shape index (κ2) is 11.2. The van der Waals surface area contributed by atoms with E-state index >= 15 is 0 Å². The summed E-state index contributed by atoms with van der Waals surface area (Å²) in [6.07, 6.45) is 0. The molecule has 0 unspecified atom stereocenters. The van der Waals surface area contributed by atoms with E-state index in [4.69, 9.17) is 20.4 Å². The van der Waals surface area contributed by atoms with Crippen LogP contribution in [0, 0.1) is 0 Å². The van der Waals surface area contributed by atoms with E-state index in [-0.39, 0.29) is 22.6 Å². The Labute approximate surface area is 139 Å². The van der Waals surface area contributed by atoms with Crippen molar-refractivity contribution in [3.8, 4) is 11.5 Å². The zero-order chi connectivity index (χ0) is 17.8. The standard InChI is InChI=1S/2C7H6O3.2FH.Ti/c2*8-6-4-2-1-3-5(6)7(9)10;;;/h2*1-4,8H,(H,9,10);2*1H;/q;;;;+2/p-2. The maximum atomic E-state index is 10.3. The third-order valence-corrected chi connectivity index (χ3v) is 2.27. The number of hydrogen-bond donors (Lipinski definition) is 4. The zero-order valence-electron chi connectivity index (χ0n) is 11.5. The van der Waals surface area contributed by atoms with Crippen LogP contribution in [0.2, 0.25) is 0 Å². The van der Waals surface area contributed by atoms with Crippen LogP contribution in [0.3, 0.4) is 0 Å². The molecule has 0 heterocycles. The normalized spacial score (nSPS) is 8.61. The molecule has 6 nitrogen and oxygen atoms in total. The van der Waals surface area contributed by atoms with E-state index in [0.717, 1.165) is 0 Å². The number of benzene rings is 2. The maximum absolute atomic E-state index is 10.3. The molecule has 2 aromatic carbocycles. The van der Waals surface area contributed by atoms with Crippen LogP contribution in [-0.4, -0.2) is 32.4 Å². The van der Waals surface area contributed by atoms with Crippen LogP contribution in [0.4, 0.5) is 6.18 Å². The molecule has 0 aliphatic carbocycles. The first-order chi connectivity index (χ1) is 10.8. The molecule has 2 aromatic rings. The number of carbonyl (C=O) groups is 2. The van der Waals surface area contributed by atoms with Crippen molar-refractivity contribution in [1.82, 2.24) is 0 Å². The van der Waals surface area contributed by atoms with Gasteiger partial charge in [0.15, 0.2) is 0 Å². The molecular formula is C14H12F2O6Ti. The number of phenols is 2. The number of aromatic hydroxyl groups is 2. The van der Waals surface area contributed by atoms with Crippen LogP contribution >= 0.6 is 0 Å². The second-order valence-electron chi connectivity index (χ2n) is 3.72. The Hall–Kier alpha value is -2.45. The summed E-state index contributed by atoms with van der Waals surface area (Å²) >= 11 is -2.50. The predicted octanol–water partition coefficient (Wildman–Crippen LogP) is 3.02. The predicted molar refractivity (Wildman–Crippen MR) is 72.3 cm³/mol. The molecule has 0 saturated heterocycles. The number of hydrogen-bond acceptors (Lipinski definition) is 4. The Kier molecular flexibility index (Phi) is 9.98. The van der Waals surface area contributed by atoms with Crippen molar-refractivity contribution in [3.63, 3.8) is 0 Å². The summed E-state index contributed by atoms with van der Waals surface area (Å²) in [5.74, 6) is -2.62. The fourth-order valence-electron chi connectivity index (χ4n) is 1.31. The van der Waals surface area contributed by atoms with E-state index < -0.39 is 32.2 Å². The summed E-state index contributed by atoms with van der Waals surface area (Å²) in [6.45, 7) is 0. The molecule has 4 N–H and O–H groups in total. The zero-order valence-corrected chi connectivity index (χ0v) is 13.0. The number of carboxylic acids is 2. The van der Waals surface area contributed by atoms with Gasteiger partial charge in [-0.3, -0.25) is 0 Å². The molecular weight excluding hydrogens is 350 g/mol. The molecule has 122 valence electrons.